The molecule has 0 fully saturated rings. The molecule has 2 rings (SSSR count). The normalized spacial score (nSPS) is 19.7. The standard InChI is InChI=1S/C10H9ClFNO2/c11-6-1-2-7(12)8-5(6)3-4-13-9(8)10(14)15/h1-2,9,13H,3-4H2,(H,14,15). The van der Waals surface area contributed by atoms with Gasteiger partial charge in [0.1, 0.15) is 11.9 Å². The number of benzene rings is 1. The molecule has 1 aromatic rings. The summed E-state index contributed by atoms with van der Waals surface area (Å²) in [6, 6.07) is 1.66. The van der Waals surface area contributed by atoms with E-state index in [0.29, 0.717) is 23.6 Å². The van der Waals surface area contributed by atoms with Gasteiger partial charge in [-0.15, -0.1) is 0 Å². The van der Waals surface area contributed by atoms with Gasteiger partial charge in [-0.25, -0.2) is 4.39 Å². The molecule has 1 aliphatic heterocycles. The summed E-state index contributed by atoms with van der Waals surface area (Å²) in [4.78, 5) is 10.9. The lowest BCUT2D eigenvalue weighted by molar-refractivity contribution is -0.139. The molecule has 1 aliphatic rings. The summed E-state index contributed by atoms with van der Waals surface area (Å²) in [6.45, 7) is 0.493. The fraction of sp³-hybridized carbons (Fsp3) is 0.300. The van der Waals surface area contributed by atoms with Crippen molar-refractivity contribution in [3.05, 3.63) is 34.1 Å². The molecular formula is C10H9ClFNO2. The molecule has 0 bridgehead atoms. The van der Waals surface area contributed by atoms with Crippen molar-refractivity contribution in [2.75, 3.05) is 6.54 Å². The first-order valence-corrected chi connectivity index (χ1v) is 4.92. The third-order valence-electron chi connectivity index (χ3n) is 2.51. The van der Waals surface area contributed by atoms with Gasteiger partial charge in [0.25, 0.3) is 0 Å². The van der Waals surface area contributed by atoms with Gasteiger partial charge >= 0.3 is 5.97 Å². The number of halogens is 2. The summed E-state index contributed by atoms with van der Waals surface area (Å²) >= 11 is 5.90. The highest BCUT2D eigenvalue weighted by atomic mass is 35.5. The van der Waals surface area contributed by atoms with Crippen LogP contribution in [0.5, 0.6) is 0 Å². The molecule has 1 unspecified atom stereocenters. The highest BCUT2D eigenvalue weighted by molar-refractivity contribution is 6.31. The summed E-state index contributed by atoms with van der Waals surface area (Å²) in [5.74, 6) is -1.61. The monoisotopic (exact) mass is 229 g/mol. The molecule has 0 spiro atoms. The van der Waals surface area contributed by atoms with Crippen LogP contribution in [0.2, 0.25) is 5.02 Å². The van der Waals surface area contributed by atoms with Crippen molar-refractivity contribution in [1.29, 1.82) is 0 Å². The molecule has 0 radical (unpaired) electrons. The lowest BCUT2D eigenvalue weighted by atomic mass is 9.94. The number of carboxylic acids is 1. The van der Waals surface area contributed by atoms with E-state index in [1.807, 2.05) is 0 Å². The van der Waals surface area contributed by atoms with E-state index in [0.717, 1.165) is 0 Å². The van der Waals surface area contributed by atoms with Crippen LogP contribution < -0.4 is 5.32 Å². The van der Waals surface area contributed by atoms with Gasteiger partial charge in [-0.1, -0.05) is 11.6 Å². The van der Waals surface area contributed by atoms with Crippen LogP contribution in [0.1, 0.15) is 17.2 Å². The smallest absolute Gasteiger partial charge is 0.325 e. The van der Waals surface area contributed by atoms with E-state index in [4.69, 9.17) is 16.7 Å². The second-order valence-electron chi connectivity index (χ2n) is 3.40. The first-order valence-electron chi connectivity index (χ1n) is 4.54. The fourth-order valence-corrected chi connectivity index (χ4v) is 2.09. The fourth-order valence-electron chi connectivity index (χ4n) is 1.83. The van der Waals surface area contributed by atoms with Crippen LogP contribution in [0, 0.1) is 5.82 Å². The van der Waals surface area contributed by atoms with E-state index < -0.39 is 17.8 Å². The zero-order valence-electron chi connectivity index (χ0n) is 7.76. The molecule has 1 aromatic carbocycles. The van der Waals surface area contributed by atoms with Crippen LogP contribution in [-0.4, -0.2) is 17.6 Å². The quantitative estimate of drug-likeness (QED) is 0.772. The molecule has 0 aliphatic carbocycles. The highest BCUT2D eigenvalue weighted by Crippen LogP contribution is 2.31. The van der Waals surface area contributed by atoms with Crippen LogP contribution in [0.3, 0.4) is 0 Å². The summed E-state index contributed by atoms with van der Waals surface area (Å²) in [6.07, 6.45) is 0.551. The molecule has 80 valence electrons. The molecular weight excluding hydrogens is 221 g/mol. The second-order valence-corrected chi connectivity index (χ2v) is 3.80. The Morgan fingerprint density at radius 3 is 3.00 bits per heavy atom. The summed E-state index contributed by atoms with van der Waals surface area (Å²) < 4.78 is 13.5. The van der Waals surface area contributed by atoms with Gasteiger partial charge in [-0.3, -0.25) is 4.79 Å². The minimum Gasteiger partial charge on any atom is -0.480 e. The average molecular weight is 230 g/mol. The van der Waals surface area contributed by atoms with E-state index in [9.17, 15) is 9.18 Å². The summed E-state index contributed by atoms with van der Waals surface area (Å²) in [5.41, 5.74) is 0.768. The number of hydrogen-bond acceptors (Lipinski definition) is 2. The molecule has 15 heavy (non-hydrogen) atoms. The first-order chi connectivity index (χ1) is 7.11. The van der Waals surface area contributed by atoms with Gasteiger partial charge in [0.2, 0.25) is 0 Å². The van der Waals surface area contributed by atoms with Crippen LogP contribution in [0.15, 0.2) is 12.1 Å². The molecule has 0 saturated heterocycles. The zero-order valence-corrected chi connectivity index (χ0v) is 8.51. The van der Waals surface area contributed by atoms with Crippen molar-refractivity contribution in [2.45, 2.75) is 12.5 Å². The number of rotatable bonds is 1. The summed E-state index contributed by atoms with van der Waals surface area (Å²) in [5, 5.41) is 12.1. The Kier molecular flexibility index (Phi) is 2.63. The minimum atomic E-state index is -1.09. The molecule has 1 atom stereocenters. The predicted octanol–water partition coefficient (Wildman–Crippen LogP) is 1.75. The lowest BCUT2D eigenvalue weighted by Crippen LogP contribution is -2.36. The summed E-state index contributed by atoms with van der Waals surface area (Å²) in [7, 11) is 0. The number of fused-ring (bicyclic) bond motifs is 1. The molecule has 0 amide bonds. The highest BCUT2D eigenvalue weighted by Gasteiger charge is 2.29. The van der Waals surface area contributed by atoms with Gasteiger partial charge < -0.3 is 10.4 Å². The Morgan fingerprint density at radius 2 is 2.33 bits per heavy atom. The Labute approximate surface area is 90.9 Å². The van der Waals surface area contributed by atoms with Gasteiger partial charge in [-0.05, 0) is 24.1 Å². The number of carboxylic acid groups (broad SMARTS) is 1. The third kappa shape index (κ3) is 1.70. The maximum atomic E-state index is 13.5. The molecule has 2 N–H and O–H groups in total. The first kappa shape index (κ1) is 10.4. The van der Waals surface area contributed by atoms with Crippen molar-refractivity contribution in [1.82, 2.24) is 5.32 Å². The minimum absolute atomic E-state index is 0.168. The number of hydrogen-bond donors (Lipinski definition) is 2. The van der Waals surface area contributed by atoms with E-state index in [1.165, 1.54) is 12.1 Å². The van der Waals surface area contributed by atoms with Crippen molar-refractivity contribution >= 4 is 17.6 Å². The van der Waals surface area contributed by atoms with E-state index in [1.54, 1.807) is 0 Å². The Hall–Kier alpha value is -1.13. The van der Waals surface area contributed by atoms with Crippen molar-refractivity contribution in [2.24, 2.45) is 0 Å². The van der Waals surface area contributed by atoms with E-state index in [2.05, 4.69) is 5.32 Å². The Bertz CT molecular complexity index is 422. The molecule has 0 aromatic heterocycles. The molecule has 1 heterocycles. The van der Waals surface area contributed by atoms with Gasteiger partial charge in [-0.2, -0.15) is 0 Å². The van der Waals surface area contributed by atoms with Crippen molar-refractivity contribution < 1.29 is 14.3 Å². The topological polar surface area (TPSA) is 49.3 Å². The maximum absolute atomic E-state index is 13.5. The van der Waals surface area contributed by atoms with Gasteiger partial charge in [0.15, 0.2) is 0 Å². The van der Waals surface area contributed by atoms with Crippen LogP contribution in [0.4, 0.5) is 4.39 Å². The molecule has 5 heteroatoms. The van der Waals surface area contributed by atoms with Gasteiger partial charge in [0, 0.05) is 17.1 Å². The Morgan fingerprint density at radius 1 is 1.60 bits per heavy atom. The van der Waals surface area contributed by atoms with Crippen molar-refractivity contribution in [3.8, 4) is 0 Å². The Balaban J connectivity index is 2.59. The second kappa shape index (κ2) is 3.79. The van der Waals surface area contributed by atoms with Gasteiger partial charge in [0.05, 0.1) is 0 Å². The van der Waals surface area contributed by atoms with Crippen LogP contribution in [-0.2, 0) is 11.2 Å². The van der Waals surface area contributed by atoms with Crippen LogP contribution in [0.25, 0.3) is 0 Å². The van der Waals surface area contributed by atoms with Crippen molar-refractivity contribution in [3.63, 3.8) is 0 Å². The van der Waals surface area contributed by atoms with Crippen LogP contribution >= 0.6 is 11.6 Å². The zero-order chi connectivity index (χ0) is 11.0. The van der Waals surface area contributed by atoms with E-state index in [-0.39, 0.29) is 5.56 Å². The SMILES string of the molecule is O=C(O)C1NCCc2c(Cl)ccc(F)c21. The predicted molar refractivity (Wildman–Crippen MR) is 53.5 cm³/mol. The average Bonchev–Trinajstić information content (AvgIpc) is 2.23. The number of nitrogens with one attached hydrogen (secondary N) is 1. The largest absolute Gasteiger partial charge is 0.480 e. The number of carbonyl (C=O) groups is 1. The van der Waals surface area contributed by atoms with E-state index >= 15 is 0 Å². The molecule has 3 nitrogen and oxygen atoms in total. The number of aliphatic carboxylic acids is 1. The lowest BCUT2D eigenvalue weighted by Gasteiger charge is -2.24. The molecule has 0 saturated carbocycles. The third-order valence-corrected chi connectivity index (χ3v) is 2.86. The maximum Gasteiger partial charge on any atom is 0.325 e.